The smallest absolute Gasteiger partial charge is 0.337 e. The molecule has 4 nitrogen and oxygen atoms in total. The highest BCUT2D eigenvalue weighted by Gasteiger charge is 2.27. The van der Waals surface area contributed by atoms with Crippen LogP contribution in [-0.4, -0.2) is 31.6 Å². The van der Waals surface area contributed by atoms with Gasteiger partial charge in [0, 0.05) is 11.3 Å². The van der Waals surface area contributed by atoms with Crippen molar-refractivity contribution in [2.24, 2.45) is 0 Å². The number of nitrogens with zero attached hydrogens (tertiary/aromatic N) is 2. The molecule has 0 saturated carbocycles. The van der Waals surface area contributed by atoms with Crippen molar-refractivity contribution in [2.75, 3.05) is 6.26 Å². The molecule has 0 amide bonds. The summed E-state index contributed by atoms with van der Waals surface area (Å²) in [5, 5.41) is 9.35. The first-order valence-corrected chi connectivity index (χ1v) is 8.01. The lowest BCUT2D eigenvalue weighted by Crippen LogP contribution is -2.28. The van der Waals surface area contributed by atoms with Crippen molar-refractivity contribution in [3.63, 3.8) is 0 Å². The Hall–Kier alpha value is -1.49. The van der Waals surface area contributed by atoms with Crippen LogP contribution in [-0.2, 0) is 6.54 Å². The monoisotopic (exact) mass is 292 g/mol. The van der Waals surface area contributed by atoms with Crippen molar-refractivity contribution < 1.29 is 9.90 Å². The number of fused-ring (bicyclic) bond motifs is 1. The number of benzene rings is 1. The predicted molar refractivity (Wildman–Crippen MR) is 83.5 cm³/mol. The fourth-order valence-corrected chi connectivity index (χ4v) is 3.40. The van der Waals surface area contributed by atoms with Gasteiger partial charge in [-0.05, 0) is 31.2 Å². The molecule has 108 valence electrons. The average Bonchev–Trinajstić information content (AvgIpc) is 2.87. The maximum absolute atomic E-state index is 11.4. The summed E-state index contributed by atoms with van der Waals surface area (Å²) in [6, 6.07) is 5.24. The number of carboxylic acid groups (broad SMARTS) is 1. The SMILES string of the molecule is CCC(CC)(Cn1cnc2cccc(C(=O)O)c21)SC. The van der Waals surface area contributed by atoms with E-state index in [0.717, 1.165) is 30.4 Å². The van der Waals surface area contributed by atoms with Gasteiger partial charge >= 0.3 is 5.97 Å². The van der Waals surface area contributed by atoms with Crippen LogP contribution >= 0.6 is 11.8 Å². The molecular formula is C15H20N2O2S. The summed E-state index contributed by atoms with van der Waals surface area (Å²) < 4.78 is 2.11. The van der Waals surface area contributed by atoms with Crippen molar-refractivity contribution in [2.45, 2.75) is 38.0 Å². The normalized spacial score (nSPS) is 11.9. The standard InChI is InChI=1S/C15H20N2O2S/c1-4-15(5-2,20-3)9-17-10-16-12-8-6-7-11(13(12)17)14(18)19/h6-8,10H,4-5,9H2,1-3H3,(H,18,19). The molecule has 0 unspecified atom stereocenters. The van der Waals surface area contributed by atoms with Gasteiger partial charge in [0.2, 0.25) is 0 Å². The van der Waals surface area contributed by atoms with Crippen molar-refractivity contribution in [3.8, 4) is 0 Å². The van der Waals surface area contributed by atoms with E-state index in [-0.39, 0.29) is 4.75 Å². The van der Waals surface area contributed by atoms with Crippen molar-refractivity contribution in [3.05, 3.63) is 30.1 Å². The third-order valence-corrected chi connectivity index (χ3v) is 5.62. The van der Waals surface area contributed by atoms with Crippen LogP contribution in [0.25, 0.3) is 11.0 Å². The Morgan fingerprint density at radius 2 is 2.10 bits per heavy atom. The van der Waals surface area contributed by atoms with E-state index in [1.807, 2.05) is 22.4 Å². The van der Waals surface area contributed by atoms with Crippen LogP contribution < -0.4 is 0 Å². The molecule has 0 saturated heterocycles. The van der Waals surface area contributed by atoms with Gasteiger partial charge in [0.15, 0.2) is 0 Å². The lowest BCUT2D eigenvalue weighted by Gasteiger charge is -2.30. The van der Waals surface area contributed by atoms with E-state index in [4.69, 9.17) is 0 Å². The van der Waals surface area contributed by atoms with Gasteiger partial charge in [0.25, 0.3) is 0 Å². The number of carbonyl (C=O) groups is 1. The van der Waals surface area contributed by atoms with E-state index >= 15 is 0 Å². The first-order valence-electron chi connectivity index (χ1n) is 6.79. The molecule has 0 aliphatic carbocycles. The van der Waals surface area contributed by atoms with Gasteiger partial charge in [-0.25, -0.2) is 9.78 Å². The topological polar surface area (TPSA) is 55.1 Å². The maximum atomic E-state index is 11.4. The second kappa shape index (κ2) is 5.87. The minimum atomic E-state index is -0.903. The summed E-state index contributed by atoms with van der Waals surface area (Å²) in [6.45, 7) is 5.14. The highest BCUT2D eigenvalue weighted by atomic mass is 32.2. The summed E-state index contributed by atoms with van der Waals surface area (Å²) in [5.41, 5.74) is 1.79. The number of imidazole rings is 1. The van der Waals surface area contributed by atoms with Crippen LogP contribution in [0.2, 0.25) is 0 Å². The van der Waals surface area contributed by atoms with E-state index in [1.54, 1.807) is 18.5 Å². The van der Waals surface area contributed by atoms with Gasteiger partial charge in [-0.1, -0.05) is 19.9 Å². The van der Waals surface area contributed by atoms with Crippen LogP contribution in [0.3, 0.4) is 0 Å². The molecule has 0 aliphatic rings. The van der Waals surface area contributed by atoms with Gasteiger partial charge in [-0.15, -0.1) is 0 Å². The molecule has 5 heteroatoms. The summed E-state index contributed by atoms with van der Waals surface area (Å²) in [5.74, 6) is -0.903. The Bertz CT molecular complexity index is 609. The van der Waals surface area contributed by atoms with Crippen LogP contribution in [0.5, 0.6) is 0 Å². The van der Waals surface area contributed by atoms with Crippen molar-refractivity contribution in [1.29, 1.82) is 0 Å². The molecule has 1 N–H and O–H groups in total. The number of hydrogen-bond acceptors (Lipinski definition) is 3. The second-order valence-electron chi connectivity index (χ2n) is 4.95. The van der Waals surface area contributed by atoms with Crippen LogP contribution in [0.15, 0.2) is 24.5 Å². The summed E-state index contributed by atoms with van der Waals surface area (Å²) in [6.07, 6.45) is 5.96. The zero-order chi connectivity index (χ0) is 14.8. The molecule has 0 fully saturated rings. The van der Waals surface area contributed by atoms with E-state index < -0.39 is 5.97 Å². The molecule has 20 heavy (non-hydrogen) atoms. The summed E-state index contributed by atoms with van der Waals surface area (Å²) >= 11 is 1.84. The quantitative estimate of drug-likeness (QED) is 0.883. The van der Waals surface area contributed by atoms with Gasteiger partial charge in [-0.2, -0.15) is 11.8 Å². The number of thioether (sulfide) groups is 1. The highest BCUT2D eigenvalue weighted by molar-refractivity contribution is 8.00. The number of aromatic carboxylic acids is 1. The predicted octanol–water partition coefficient (Wildman–Crippen LogP) is 3.66. The maximum Gasteiger partial charge on any atom is 0.337 e. The summed E-state index contributed by atoms with van der Waals surface area (Å²) in [4.78, 5) is 15.7. The summed E-state index contributed by atoms with van der Waals surface area (Å²) in [7, 11) is 0. The zero-order valence-electron chi connectivity index (χ0n) is 12.1. The molecule has 0 aliphatic heterocycles. The number of rotatable bonds is 6. The Labute approximate surface area is 123 Å². The average molecular weight is 292 g/mol. The molecule has 0 spiro atoms. The van der Waals surface area contributed by atoms with Crippen LogP contribution in [0, 0.1) is 0 Å². The Morgan fingerprint density at radius 1 is 1.40 bits per heavy atom. The largest absolute Gasteiger partial charge is 0.478 e. The van der Waals surface area contributed by atoms with Gasteiger partial charge in [0.1, 0.15) is 0 Å². The molecule has 1 heterocycles. The molecule has 0 atom stereocenters. The van der Waals surface area contributed by atoms with E-state index in [9.17, 15) is 9.90 Å². The number of hydrogen-bond donors (Lipinski definition) is 1. The zero-order valence-corrected chi connectivity index (χ0v) is 12.9. The van der Waals surface area contributed by atoms with E-state index in [1.165, 1.54) is 0 Å². The number of carboxylic acids is 1. The van der Waals surface area contributed by atoms with Crippen LogP contribution in [0.4, 0.5) is 0 Å². The van der Waals surface area contributed by atoms with Gasteiger partial charge < -0.3 is 9.67 Å². The Kier molecular flexibility index (Phi) is 4.38. The first-order chi connectivity index (χ1) is 9.56. The Morgan fingerprint density at radius 3 is 2.65 bits per heavy atom. The second-order valence-corrected chi connectivity index (χ2v) is 6.22. The van der Waals surface area contributed by atoms with Crippen LogP contribution in [0.1, 0.15) is 37.0 Å². The number of aromatic nitrogens is 2. The van der Waals surface area contributed by atoms with Gasteiger partial charge in [-0.3, -0.25) is 0 Å². The molecule has 2 aromatic rings. The van der Waals surface area contributed by atoms with Crippen molar-refractivity contribution in [1.82, 2.24) is 9.55 Å². The molecule has 2 rings (SSSR count). The van der Waals surface area contributed by atoms with E-state index in [2.05, 4.69) is 25.1 Å². The van der Waals surface area contributed by atoms with Gasteiger partial charge in [0.05, 0.1) is 22.9 Å². The van der Waals surface area contributed by atoms with Crippen molar-refractivity contribution >= 4 is 28.8 Å². The molecule has 0 bridgehead atoms. The minimum absolute atomic E-state index is 0.124. The molecule has 1 aromatic carbocycles. The van der Waals surface area contributed by atoms with E-state index in [0.29, 0.717) is 5.56 Å². The lowest BCUT2D eigenvalue weighted by molar-refractivity contribution is 0.0698. The first kappa shape index (κ1) is 14.9. The fraction of sp³-hybridized carbons (Fsp3) is 0.467. The minimum Gasteiger partial charge on any atom is -0.478 e. The Balaban J connectivity index is 2.53. The fourth-order valence-electron chi connectivity index (χ4n) is 2.56. The third-order valence-electron chi connectivity index (χ3n) is 4.05. The molecule has 0 radical (unpaired) electrons. The molecule has 1 aromatic heterocycles. The third kappa shape index (κ3) is 2.54. The lowest BCUT2D eigenvalue weighted by atomic mass is 10.0. The highest BCUT2D eigenvalue weighted by Crippen LogP contribution is 2.33. The number of para-hydroxylation sites is 1. The molecular weight excluding hydrogens is 272 g/mol.